The molecular formula is C14H18N2O6. The van der Waals surface area contributed by atoms with E-state index in [1.165, 1.54) is 0 Å². The van der Waals surface area contributed by atoms with E-state index in [2.05, 4.69) is 6.92 Å². The number of phenols is 1. The van der Waals surface area contributed by atoms with Gasteiger partial charge in [-0.05, 0) is 6.42 Å². The van der Waals surface area contributed by atoms with Gasteiger partial charge in [-0.15, -0.1) is 0 Å². The number of non-ortho nitro benzene ring substituents is 1. The molecule has 0 bridgehead atoms. The van der Waals surface area contributed by atoms with E-state index in [4.69, 9.17) is 0 Å². The third kappa shape index (κ3) is 4.51. The van der Waals surface area contributed by atoms with E-state index in [9.17, 15) is 30.1 Å². The summed E-state index contributed by atoms with van der Waals surface area (Å²) in [5, 5.41) is 31.4. The maximum Gasteiger partial charge on any atom is 0.318 e. The standard InChI is InChI=1S/C14H18N2O6/c1-2-3-4-5-6-7-13(17)11-8-10(15(19)20)9-12(14(11)18)16(21)22/h8-9,18H,2-7H2,1H3. The predicted octanol–water partition coefficient (Wildman–Crippen LogP) is 3.75. The number of benzene rings is 1. The van der Waals surface area contributed by atoms with Gasteiger partial charge in [-0.25, -0.2) is 0 Å². The van der Waals surface area contributed by atoms with Crippen LogP contribution in [-0.4, -0.2) is 20.7 Å². The molecular weight excluding hydrogens is 292 g/mol. The number of nitrogens with zero attached hydrogens (tertiary/aromatic N) is 2. The Bertz CT molecular complexity index is 585. The smallest absolute Gasteiger partial charge is 0.318 e. The second-order valence-electron chi connectivity index (χ2n) is 4.96. The van der Waals surface area contributed by atoms with Crippen molar-refractivity contribution in [2.75, 3.05) is 0 Å². The molecule has 1 rings (SSSR count). The number of unbranched alkanes of at least 4 members (excludes halogenated alkanes) is 4. The Hall–Kier alpha value is -2.51. The van der Waals surface area contributed by atoms with Gasteiger partial charge in [0.2, 0.25) is 5.75 Å². The minimum absolute atomic E-state index is 0.0929. The second kappa shape index (κ2) is 8.06. The van der Waals surface area contributed by atoms with Gasteiger partial charge in [0, 0.05) is 12.5 Å². The lowest BCUT2D eigenvalue weighted by Gasteiger charge is -2.05. The molecule has 0 spiro atoms. The maximum absolute atomic E-state index is 12.0. The third-order valence-corrected chi connectivity index (χ3v) is 3.29. The van der Waals surface area contributed by atoms with Gasteiger partial charge in [0.15, 0.2) is 5.78 Å². The van der Waals surface area contributed by atoms with Crippen molar-refractivity contribution in [3.8, 4) is 5.75 Å². The van der Waals surface area contributed by atoms with E-state index in [1.54, 1.807) is 0 Å². The molecule has 120 valence electrons. The van der Waals surface area contributed by atoms with Crippen LogP contribution in [0.4, 0.5) is 11.4 Å². The fourth-order valence-electron chi connectivity index (χ4n) is 2.09. The summed E-state index contributed by atoms with van der Waals surface area (Å²) in [7, 11) is 0. The number of Topliss-reactive ketones (excluding diaryl/α,β-unsaturated/α-hetero) is 1. The van der Waals surface area contributed by atoms with Crippen LogP contribution in [0.2, 0.25) is 0 Å². The van der Waals surface area contributed by atoms with E-state index >= 15 is 0 Å². The lowest BCUT2D eigenvalue weighted by molar-refractivity contribution is -0.394. The monoisotopic (exact) mass is 310 g/mol. The molecule has 1 N–H and O–H groups in total. The summed E-state index contributed by atoms with van der Waals surface area (Å²) >= 11 is 0. The first-order valence-corrected chi connectivity index (χ1v) is 7.07. The lowest BCUT2D eigenvalue weighted by atomic mass is 10.0. The zero-order valence-corrected chi connectivity index (χ0v) is 12.3. The number of aromatic hydroxyl groups is 1. The van der Waals surface area contributed by atoms with Crippen molar-refractivity contribution < 1.29 is 19.7 Å². The second-order valence-corrected chi connectivity index (χ2v) is 4.96. The SMILES string of the molecule is CCCCCCCC(=O)c1cc([N+](=O)[O-])cc([N+](=O)[O-])c1O. The molecule has 0 saturated heterocycles. The van der Waals surface area contributed by atoms with Crippen molar-refractivity contribution in [1.82, 2.24) is 0 Å². The van der Waals surface area contributed by atoms with Crippen LogP contribution in [0.5, 0.6) is 5.75 Å². The van der Waals surface area contributed by atoms with Crippen molar-refractivity contribution in [2.45, 2.75) is 45.4 Å². The quantitative estimate of drug-likeness (QED) is 0.320. The number of ketones is 1. The van der Waals surface area contributed by atoms with Gasteiger partial charge in [-0.2, -0.15) is 0 Å². The fourth-order valence-corrected chi connectivity index (χ4v) is 2.09. The summed E-state index contributed by atoms with van der Waals surface area (Å²) in [6, 6.07) is 1.53. The first-order valence-electron chi connectivity index (χ1n) is 7.07. The predicted molar refractivity (Wildman–Crippen MR) is 79.1 cm³/mol. The Balaban J connectivity index is 2.94. The summed E-state index contributed by atoms with van der Waals surface area (Å²) in [5.41, 5.74) is -1.78. The van der Waals surface area contributed by atoms with Crippen LogP contribution in [0.25, 0.3) is 0 Å². The van der Waals surface area contributed by atoms with Crippen LogP contribution >= 0.6 is 0 Å². The summed E-state index contributed by atoms with van der Waals surface area (Å²) in [4.78, 5) is 31.9. The van der Waals surface area contributed by atoms with E-state index in [0.29, 0.717) is 12.5 Å². The van der Waals surface area contributed by atoms with Crippen molar-refractivity contribution in [2.24, 2.45) is 0 Å². The normalized spacial score (nSPS) is 10.4. The van der Waals surface area contributed by atoms with Crippen LogP contribution in [-0.2, 0) is 0 Å². The van der Waals surface area contributed by atoms with Crippen LogP contribution in [0, 0.1) is 20.2 Å². The molecule has 0 amide bonds. The zero-order chi connectivity index (χ0) is 16.7. The summed E-state index contributed by atoms with van der Waals surface area (Å²) in [5.74, 6) is -1.34. The average molecular weight is 310 g/mol. The average Bonchev–Trinajstić information content (AvgIpc) is 2.46. The lowest BCUT2D eigenvalue weighted by Crippen LogP contribution is -2.03. The van der Waals surface area contributed by atoms with Gasteiger partial charge in [0.1, 0.15) is 0 Å². The largest absolute Gasteiger partial charge is 0.502 e. The highest BCUT2D eigenvalue weighted by Crippen LogP contribution is 2.35. The molecule has 0 saturated carbocycles. The summed E-state index contributed by atoms with van der Waals surface area (Å²) < 4.78 is 0. The van der Waals surface area contributed by atoms with Crippen molar-refractivity contribution in [3.63, 3.8) is 0 Å². The van der Waals surface area contributed by atoms with E-state index < -0.39 is 32.8 Å². The molecule has 0 fully saturated rings. The first kappa shape index (κ1) is 17.5. The number of carbonyl (C=O) groups excluding carboxylic acids is 1. The van der Waals surface area contributed by atoms with Gasteiger partial charge in [-0.1, -0.05) is 32.6 Å². The highest BCUT2D eigenvalue weighted by molar-refractivity contribution is 6.00. The molecule has 1 aromatic rings. The number of carbonyl (C=O) groups is 1. The Morgan fingerprint density at radius 2 is 1.73 bits per heavy atom. The van der Waals surface area contributed by atoms with Gasteiger partial charge in [-0.3, -0.25) is 25.0 Å². The van der Waals surface area contributed by atoms with Crippen LogP contribution < -0.4 is 0 Å². The third-order valence-electron chi connectivity index (χ3n) is 3.29. The van der Waals surface area contributed by atoms with Crippen LogP contribution in [0.3, 0.4) is 0 Å². The van der Waals surface area contributed by atoms with Gasteiger partial charge >= 0.3 is 5.69 Å². The maximum atomic E-state index is 12.0. The van der Waals surface area contributed by atoms with Crippen molar-refractivity contribution in [3.05, 3.63) is 37.9 Å². The van der Waals surface area contributed by atoms with E-state index in [-0.39, 0.29) is 12.0 Å². The molecule has 1 aromatic carbocycles. The van der Waals surface area contributed by atoms with E-state index in [0.717, 1.165) is 31.7 Å². The molecule has 0 unspecified atom stereocenters. The minimum Gasteiger partial charge on any atom is -0.502 e. The Kier molecular flexibility index (Phi) is 6.43. The highest BCUT2D eigenvalue weighted by atomic mass is 16.6. The molecule has 0 aliphatic rings. The fraction of sp³-hybridized carbons (Fsp3) is 0.500. The Labute approximate surface area is 127 Å². The topological polar surface area (TPSA) is 124 Å². The Morgan fingerprint density at radius 3 is 2.27 bits per heavy atom. The number of hydrogen-bond acceptors (Lipinski definition) is 6. The highest BCUT2D eigenvalue weighted by Gasteiger charge is 2.26. The molecule has 0 aliphatic carbocycles. The molecule has 0 aliphatic heterocycles. The van der Waals surface area contributed by atoms with Crippen LogP contribution in [0.15, 0.2) is 12.1 Å². The summed E-state index contributed by atoms with van der Waals surface area (Å²) in [6.45, 7) is 2.06. The Morgan fingerprint density at radius 1 is 1.09 bits per heavy atom. The molecule has 0 heterocycles. The van der Waals surface area contributed by atoms with Gasteiger partial charge < -0.3 is 5.11 Å². The van der Waals surface area contributed by atoms with Crippen LogP contribution in [0.1, 0.15) is 55.8 Å². The molecule has 0 atom stereocenters. The van der Waals surface area contributed by atoms with E-state index in [1.807, 2.05) is 0 Å². The number of phenolic OH excluding ortho intramolecular Hbond substituents is 1. The first-order chi connectivity index (χ1) is 10.4. The number of nitro benzene ring substituents is 2. The van der Waals surface area contributed by atoms with Crippen molar-refractivity contribution in [1.29, 1.82) is 0 Å². The minimum atomic E-state index is -0.944. The van der Waals surface area contributed by atoms with Gasteiger partial charge in [0.25, 0.3) is 5.69 Å². The zero-order valence-electron chi connectivity index (χ0n) is 12.3. The molecule has 0 aromatic heterocycles. The molecule has 0 radical (unpaired) electrons. The number of nitro groups is 2. The molecule has 8 heteroatoms. The molecule has 8 nitrogen and oxygen atoms in total. The van der Waals surface area contributed by atoms with Gasteiger partial charge in [0.05, 0.1) is 21.5 Å². The van der Waals surface area contributed by atoms with Crippen molar-refractivity contribution >= 4 is 17.2 Å². The molecule has 22 heavy (non-hydrogen) atoms. The number of rotatable bonds is 9. The number of hydrogen-bond donors (Lipinski definition) is 1. The summed E-state index contributed by atoms with van der Waals surface area (Å²) in [6.07, 6.45) is 4.60.